The van der Waals surface area contributed by atoms with Gasteiger partial charge in [-0.15, -0.1) is 0 Å². The molecule has 0 radical (unpaired) electrons. The Morgan fingerprint density at radius 1 is 0.145 bits per heavy atom. The van der Waals surface area contributed by atoms with Gasteiger partial charge in [0.25, 0.3) is 0 Å². The topological polar surface area (TPSA) is 88.6 Å². The molecular formula is C108H65N3O6. The zero-order valence-corrected chi connectivity index (χ0v) is 62.8. The molecule has 0 spiro atoms. The number of rotatable bonds is 14. The molecule has 0 unspecified atom stereocenters. The Balaban J connectivity index is 0.659. The summed E-state index contributed by atoms with van der Waals surface area (Å²) in [6, 6.07) is 139. The molecule has 18 aromatic carbocycles. The lowest BCUT2D eigenvalue weighted by atomic mass is 9.96. The van der Waals surface area contributed by atoms with E-state index in [1.807, 2.05) is 42.5 Å². The molecule has 0 aliphatic carbocycles. The Morgan fingerprint density at radius 3 is 0.897 bits per heavy atom. The van der Waals surface area contributed by atoms with Crippen LogP contribution in [0.3, 0.4) is 0 Å². The fraction of sp³-hybridized carbons (Fsp3) is 0. The van der Waals surface area contributed by atoms with E-state index < -0.39 is 0 Å². The average Bonchev–Trinajstić information content (AvgIpc) is 1.62. The third-order valence-electron chi connectivity index (χ3n) is 23.5. The summed E-state index contributed by atoms with van der Waals surface area (Å²) in [6.45, 7) is 0. The van der Waals surface area contributed by atoms with Crippen molar-refractivity contribution in [3.05, 3.63) is 394 Å². The molecular weight excluding hydrogens is 1440 g/mol. The van der Waals surface area contributed by atoms with Crippen LogP contribution in [0, 0.1) is 0 Å². The highest BCUT2D eigenvalue weighted by atomic mass is 16.4. The fourth-order valence-corrected chi connectivity index (χ4v) is 18.0. The van der Waals surface area contributed by atoms with Crippen molar-refractivity contribution in [2.45, 2.75) is 0 Å². The Hall–Kier alpha value is -15.8. The molecule has 0 bridgehead atoms. The predicted molar refractivity (Wildman–Crippen MR) is 481 cm³/mol. The molecule has 9 nitrogen and oxygen atoms in total. The van der Waals surface area contributed by atoms with Gasteiger partial charge in [0.15, 0.2) is 33.5 Å². The first kappa shape index (κ1) is 65.8. The Labute approximate surface area is 669 Å². The lowest BCUT2D eigenvalue weighted by Gasteiger charge is -2.26. The highest BCUT2D eigenvalue weighted by Gasteiger charge is 2.30. The van der Waals surface area contributed by atoms with Crippen LogP contribution >= 0.6 is 0 Å². The number of fused-ring (bicyclic) bond motifs is 18. The fourth-order valence-electron chi connectivity index (χ4n) is 18.0. The van der Waals surface area contributed by atoms with E-state index in [1.54, 1.807) is 0 Å². The van der Waals surface area contributed by atoms with Gasteiger partial charge in [0.2, 0.25) is 0 Å². The lowest BCUT2D eigenvalue weighted by Crippen LogP contribution is -2.11. The summed E-state index contributed by atoms with van der Waals surface area (Å²) in [5.41, 5.74) is 28.1. The van der Waals surface area contributed by atoms with E-state index in [2.05, 4.69) is 367 Å². The Bertz CT molecular complexity index is 8070. The summed E-state index contributed by atoms with van der Waals surface area (Å²) in [6.07, 6.45) is 0. The van der Waals surface area contributed by atoms with Gasteiger partial charge in [-0.2, -0.15) is 0 Å². The summed E-state index contributed by atoms with van der Waals surface area (Å²) in [5.74, 6) is 0. The van der Waals surface area contributed by atoms with Crippen LogP contribution in [0.1, 0.15) is 0 Å². The maximum Gasteiger partial charge on any atom is 0.160 e. The van der Waals surface area contributed by atoms with Gasteiger partial charge >= 0.3 is 0 Å². The molecule has 0 N–H and O–H groups in total. The second kappa shape index (κ2) is 26.4. The molecule has 24 aromatic rings. The third kappa shape index (κ3) is 10.6. The number of nitrogens with zero attached hydrogens (tertiary/aromatic N) is 3. The molecule has 0 fully saturated rings. The molecule has 0 amide bonds. The quantitative estimate of drug-likeness (QED) is 0.106. The second-order valence-corrected chi connectivity index (χ2v) is 30.1. The number of hydrogen-bond acceptors (Lipinski definition) is 9. The highest BCUT2D eigenvalue weighted by molar-refractivity contribution is 6.22. The van der Waals surface area contributed by atoms with E-state index in [-0.39, 0.29) is 0 Å². The van der Waals surface area contributed by atoms with Crippen LogP contribution in [-0.4, -0.2) is 0 Å². The first-order chi connectivity index (χ1) is 58.0. The zero-order valence-electron chi connectivity index (χ0n) is 62.8. The lowest BCUT2D eigenvalue weighted by molar-refractivity contribution is 0.665. The molecule has 548 valence electrons. The smallest absolute Gasteiger partial charge is 0.160 e. The summed E-state index contributed by atoms with van der Waals surface area (Å²) >= 11 is 0. The van der Waals surface area contributed by atoms with Gasteiger partial charge in [-0.05, 0) is 183 Å². The molecule has 117 heavy (non-hydrogen) atoms. The molecule has 0 aliphatic heterocycles. The maximum absolute atomic E-state index is 7.34. The molecule has 24 rings (SSSR count). The van der Waals surface area contributed by atoms with E-state index in [1.165, 1.54) is 11.1 Å². The van der Waals surface area contributed by atoms with E-state index in [9.17, 15) is 0 Å². The normalized spacial score (nSPS) is 11.9. The molecule has 6 aromatic heterocycles. The molecule has 6 heterocycles. The summed E-state index contributed by atoms with van der Waals surface area (Å²) in [5, 5.41) is 12.0. The van der Waals surface area contributed by atoms with Crippen LogP contribution in [0.25, 0.3) is 187 Å². The van der Waals surface area contributed by atoms with Crippen molar-refractivity contribution in [1.29, 1.82) is 0 Å². The molecule has 0 saturated carbocycles. The van der Waals surface area contributed by atoms with Crippen molar-refractivity contribution in [3.63, 3.8) is 0 Å². The minimum absolute atomic E-state index is 0.719. The van der Waals surface area contributed by atoms with Crippen molar-refractivity contribution in [2.24, 2.45) is 0 Å². The third-order valence-corrected chi connectivity index (χ3v) is 23.5. The number of anilines is 9. The largest absolute Gasteiger partial charge is 0.454 e. The SMILES string of the molecule is c1ccc(-c2ccc(-c3ccc(N(c4cccc5c4oc4ccccc45)c4cccc5c4oc4ccc(-c6cc(N(c7ccc(-c8ccccc8)cc7)c7cccc8c7oc7ccc(-c9ccc(N(c%10ccccc%10)c%10cccc%11c%10oc%10ccccc%10%11)c%10oc%11ccccc%11c9%10)cc78)c7oc8ccccc8c7c6)cc45)cc3)cc2)cc1. The summed E-state index contributed by atoms with van der Waals surface area (Å²) in [7, 11) is 0. The van der Waals surface area contributed by atoms with E-state index >= 15 is 0 Å². The van der Waals surface area contributed by atoms with Crippen LogP contribution < -0.4 is 14.7 Å². The molecule has 0 saturated heterocycles. The van der Waals surface area contributed by atoms with E-state index in [0.29, 0.717) is 0 Å². The maximum atomic E-state index is 7.34. The van der Waals surface area contributed by atoms with Gasteiger partial charge < -0.3 is 41.2 Å². The highest BCUT2D eigenvalue weighted by Crippen LogP contribution is 2.54. The predicted octanol–water partition coefficient (Wildman–Crippen LogP) is 31.8. The van der Waals surface area contributed by atoms with Crippen molar-refractivity contribution in [2.75, 3.05) is 14.7 Å². The van der Waals surface area contributed by atoms with Crippen molar-refractivity contribution in [3.8, 4) is 55.6 Å². The van der Waals surface area contributed by atoms with Gasteiger partial charge in [-0.25, -0.2) is 0 Å². The number of benzene rings is 18. The van der Waals surface area contributed by atoms with Gasteiger partial charge in [-0.1, -0.05) is 267 Å². The van der Waals surface area contributed by atoms with Crippen LogP contribution in [0.15, 0.2) is 421 Å². The number of para-hydroxylation sites is 9. The summed E-state index contributed by atoms with van der Waals surface area (Å²) in [4.78, 5) is 6.88. The molecule has 9 heteroatoms. The second-order valence-electron chi connectivity index (χ2n) is 30.1. The van der Waals surface area contributed by atoms with Crippen LogP contribution in [-0.2, 0) is 0 Å². The standard InChI is InChI=1S/C108H65N3O6/c1-4-22-66(23-5-1)68-44-46-69(47-45-68)71-50-54-76(55-51-71)110(91-37-19-33-83-80-29-11-15-41-97(80)113-104(83)91)92-38-20-34-84-87-62-72(52-60-100(87)115-105(84)92)74-64-89-81-30-12-16-42-98(81)114-107(89)95(65-74)111(77-56-48-70(49-57-77)67-24-6-2-7-25-67)93-39-21-35-85-88-63-73(53-61-101(88)116-106(85)93)78-58-59-94(108-102(78)86-31-13-17-43-99(86)117-108)109(75-26-8-3-9-27-75)90-36-18-32-82-79-28-10-14-40-96(79)112-103(82)90/h1-65H. The Morgan fingerprint density at radius 2 is 0.436 bits per heavy atom. The monoisotopic (exact) mass is 1500 g/mol. The van der Waals surface area contributed by atoms with Gasteiger partial charge in [0, 0.05) is 81.7 Å². The minimum atomic E-state index is 0.719. The average molecular weight is 1500 g/mol. The zero-order chi connectivity index (χ0) is 76.8. The van der Waals surface area contributed by atoms with Crippen LogP contribution in [0.2, 0.25) is 0 Å². The van der Waals surface area contributed by atoms with Gasteiger partial charge in [0.05, 0.1) is 34.1 Å². The first-order valence-electron chi connectivity index (χ1n) is 39.5. The van der Waals surface area contributed by atoms with Crippen molar-refractivity contribution >= 4 is 183 Å². The number of hydrogen-bond donors (Lipinski definition) is 0. The van der Waals surface area contributed by atoms with E-state index in [4.69, 9.17) is 26.5 Å². The number of furan rings is 6. The molecule has 0 atom stereocenters. The molecule has 0 aliphatic rings. The van der Waals surface area contributed by atoms with Gasteiger partial charge in [0.1, 0.15) is 33.5 Å². The van der Waals surface area contributed by atoms with E-state index in [0.717, 1.165) is 227 Å². The van der Waals surface area contributed by atoms with Crippen molar-refractivity contribution in [1.82, 2.24) is 0 Å². The van der Waals surface area contributed by atoms with Gasteiger partial charge in [-0.3, -0.25) is 0 Å². The Kier molecular flexibility index (Phi) is 14.9. The van der Waals surface area contributed by atoms with Crippen LogP contribution in [0.5, 0.6) is 0 Å². The first-order valence-corrected chi connectivity index (χ1v) is 39.5. The minimum Gasteiger partial charge on any atom is -0.454 e. The summed E-state index contributed by atoms with van der Waals surface area (Å²) < 4.78 is 42.5. The van der Waals surface area contributed by atoms with Crippen molar-refractivity contribution < 1.29 is 26.5 Å². The van der Waals surface area contributed by atoms with Crippen LogP contribution in [0.4, 0.5) is 51.2 Å².